The van der Waals surface area contributed by atoms with E-state index in [9.17, 15) is 19.0 Å². The summed E-state index contributed by atoms with van der Waals surface area (Å²) in [5.74, 6) is -1.01. The van der Waals surface area contributed by atoms with E-state index in [2.05, 4.69) is 13.8 Å². The Morgan fingerprint density at radius 3 is 1.29 bits per heavy atom. The number of carbonyl (C=O) groups excluding carboxylic acids is 2. The molecule has 2 atom stereocenters. The molecule has 0 saturated carbocycles. The van der Waals surface area contributed by atoms with Crippen molar-refractivity contribution < 1.29 is 42.1 Å². The van der Waals surface area contributed by atoms with Crippen LogP contribution in [0.15, 0.2) is 0 Å². The molecule has 0 aliphatic rings. The summed E-state index contributed by atoms with van der Waals surface area (Å²) in [4.78, 5) is 35.5. The van der Waals surface area contributed by atoms with Crippen LogP contribution in [-0.4, -0.2) is 74.5 Å². The number of rotatable bonds is 38. The second-order valence-electron chi connectivity index (χ2n) is 15.8. The molecule has 51 heavy (non-hydrogen) atoms. The van der Waals surface area contributed by atoms with Gasteiger partial charge in [0.15, 0.2) is 0 Å². The maximum atomic E-state index is 12.8. The molecule has 0 aromatic carbocycles. The van der Waals surface area contributed by atoms with Gasteiger partial charge in [-0.3, -0.25) is 24.4 Å². The van der Waals surface area contributed by atoms with Crippen molar-refractivity contribution in [2.75, 3.05) is 47.5 Å². The predicted octanol–water partition coefficient (Wildman–Crippen LogP) is 10.5. The van der Waals surface area contributed by atoms with Crippen molar-refractivity contribution in [1.82, 2.24) is 0 Å². The lowest BCUT2D eigenvalue weighted by molar-refractivity contribution is -0.870. The minimum absolute atomic E-state index is 0.0121. The molecule has 0 aliphatic carbocycles. The Morgan fingerprint density at radius 2 is 0.922 bits per heavy atom. The van der Waals surface area contributed by atoms with Gasteiger partial charge in [0.05, 0.1) is 21.1 Å². The van der Waals surface area contributed by atoms with E-state index in [1.54, 1.807) is 0 Å². The van der Waals surface area contributed by atoms with E-state index in [-0.39, 0.29) is 19.4 Å². The Bertz CT molecular complexity index is 885. The predicted molar refractivity (Wildman–Crippen MR) is 209 cm³/mol. The van der Waals surface area contributed by atoms with Crippen LogP contribution in [0.1, 0.15) is 194 Å². The van der Waals surface area contributed by atoms with Crippen LogP contribution >= 0.6 is 7.82 Å². The molecule has 3 N–H and O–H groups in total. The molecule has 2 unspecified atom stereocenters. The Morgan fingerprint density at radius 1 is 0.569 bits per heavy atom. The number of esters is 2. The van der Waals surface area contributed by atoms with E-state index in [4.69, 9.17) is 24.3 Å². The molecular weight excluding hydrogens is 667 g/mol. The summed E-state index contributed by atoms with van der Waals surface area (Å²) in [6.07, 6.45) is 31.7. The van der Waals surface area contributed by atoms with E-state index in [1.807, 2.05) is 21.1 Å². The van der Waals surface area contributed by atoms with Crippen LogP contribution in [0.25, 0.3) is 0 Å². The summed E-state index contributed by atoms with van der Waals surface area (Å²) in [6.45, 7) is 3.83. The minimum Gasteiger partial charge on any atom is -0.460 e. The number of hydrogen-bond donors (Lipinski definition) is 2. The van der Waals surface area contributed by atoms with Crippen LogP contribution in [0.5, 0.6) is 0 Å². The number of quaternary nitrogens is 1. The standard InChI is InChI=1S/C40H81N2O8P/c1-6-8-10-12-14-16-18-20-22-24-26-28-30-32-38(43)47-36-40(41,37-49-51(45,46)48-35-34-42(3,4)5)50-39(44)33-31-29-27-25-23-21-19-17-15-13-11-9-7-2/h6-37,41H2,1-5H3/p+1. The third-order valence-electron chi connectivity index (χ3n) is 9.25. The largest absolute Gasteiger partial charge is 0.472 e. The highest BCUT2D eigenvalue weighted by molar-refractivity contribution is 7.47. The van der Waals surface area contributed by atoms with Crippen molar-refractivity contribution in [3.8, 4) is 0 Å². The lowest BCUT2D eigenvalue weighted by Crippen LogP contribution is -2.53. The van der Waals surface area contributed by atoms with Crippen LogP contribution in [-0.2, 0) is 32.7 Å². The van der Waals surface area contributed by atoms with Gasteiger partial charge in [-0.2, -0.15) is 0 Å². The maximum Gasteiger partial charge on any atom is 0.472 e. The number of phosphoric acid groups is 1. The van der Waals surface area contributed by atoms with Gasteiger partial charge >= 0.3 is 19.8 Å². The van der Waals surface area contributed by atoms with E-state index < -0.39 is 38.7 Å². The van der Waals surface area contributed by atoms with Gasteiger partial charge in [0.1, 0.15) is 26.4 Å². The molecule has 0 rings (SSSR count). The number of hydrogen-bond acceptors (Lipinski definition) is 8. The number of likely N-dealkylation sites (N-methyl/N-ethyl adjacent to an activating group) is 1. The smallest absolute Gasteiger partial charge is 0.460 e. The van der Waals surface area contributed by atoms with Gasteiger partial charge < -0.3 is 18.9 Å². The van der Waals surface area contributed by atoms with Crippen LogP contribution in [0.2, 0.25) is 0 Å². The average molecular weight is 750 g/mol. The Kier molecular flexibility index (Phi) is 31.8. The third-order valence-corrected chi connectivity index (χ3v) is 10.2. The monoisotopic (exact) mass is 750 g/mol. The molecular formula is C40H82N2O8P+. The molecule has 0 heterocycles. The van der Waals surface area contributed by atoms with Crippen molar-refractivity contribution in [2.45, 2.75) is 199 Å². The molecule has 0 bridgehead atoms. The average Bonchev–Trinajstić information content (AvgIpc) is 3.06. The molecule has 0 aromatic rings. The summed E-state index contributed by atoms with van der Waals surface area (Å²) < 4.78 is 34.2. The van der Waals surface area contributed by atoms with Gasteiger partial charge in [-0.05, 0) is 12.8 Å². The fourth-order valence-corrected chi connectivity index (χ4v) is 6.65. The van der Waals surface area contributed by atoms with Gasteiger partial charge in [-0.25, -0.2) is 4.57 Å². The normalized spacial score (nSPS) is 14.3. The van der Waals surface area contributed by atoms with Gasteiger partial charge in [0.25, 0.3) is 0 Å². The Labute approximate surface area is 313 Å². The zero-order valence-corrected chi connectivity index (χ0v) is 34.8. The number of unbranched alkanes of at least 4 members (excludes halogenated alkanes) is 24. The highest BCUT2D eigenvalue weighted by Gasteiger charge is 2.36. The van der Waals surface area contributed by atoms with E-state index in [1.165, 1.54) is 122 Å². The lowest BCUT2D eigenvalue weighted by atomic mass is 10.0. The molecule has 11 heteroatoms. The fraction of sp³-hybridized carbons (Fsp3) is 0.950. The van der Waals surface area contributed by atoms with Crippen LogP contribution in [0.4, 0.5) is 0 Å². The maximum absolute atomic E-state index is 12.8. The quantitative estimate of drug-likeness (QED) is 0.0208. The van der Waals surface area contributed by atoms with Gasteiger partial charge in [-0.1, -0.05) is 168 Å². The summed E-state index contributed by atoms with van der Waals surface area (Å²) >= 11 is 0. The van der Waals surface area contributed by atoms with Gasteiger partial charge in [-0.15, -0.1) is 0 Å². The first-order valence-electron chi connectivity index (χ1n) is 20.9. The first kappa shape index (κ1) is 50.0. The Hall–Kier alpha value is -1.03. The zero-order chi connectivity index (χ0) is 38.1. The summed E-state index contributed by atoms with van der Waals surface area (Å²) in [6, 6.07) is 0. The van der Waals surface area contributed by atoms with E-state index in [0.29, 0.717) is 23.9 Å². The van der Waals surface area contributed by atoms with Crippen LogP contribution in [0.3, 0.4) is 0 Å². The lowest BCUT2D eigenvalue weighted by Gasteiger charge is -2.29. The van der Waals surface area contributed by atoms with Gasteiger partial charge in [0.2, 0.25) is 5.72 Å². The van der Waals surface area contributed by atoms with Crippen molar-refractivity contribution >= 4 is 19.8 Å². The number of ether oxygens (including phenoxy) is 2. The molecule has 304 valence electrons. The Balaban J connectivity index is 4.52. The topological polar surface area (TPSA) is 134 Å². The molecule has 10 nitrogen and oxygen atoms in total. The molecule has 0 spiro atoms. The van der Waals surface area contributed by atoms with Crippen molar-refractivity contribution in [2.24, 2.45) is 5.73 Å². The second-order valence-corrected chi connectivity index (χ2v) is 17.2. The van der Waals surface area contributed by atoms with Crippen molar-refractivity contribution in [3.05, 3.63) is 0 Å². The highest BCUT2D eigenvalue weighted by atomic mass is 31.2. The SMILES string of the molecule is CCCCCCCCCCCCCCCC(=O)OCC(N)(COP(=O)(O)OCC[N+](C)(C)C)OC(=O)CCCCCCCCCCCCCCC. The summed E-state index contributed by atoms with van der Waals surface area (Å²) in [5.41, 5.74) is 4.42. The summed E-state index contributed by atoms with van der Waals surface area (Å²) in [7, 11) is 1.31. The number of nitrogens with two attached hydrogens (primary N) is 1. The fourth-order valence-electron chi connectivity index (χ4n) is 5.89. The molecule has 0 saturated heterocycles. The van der Waals surface area contributed by atoms with Crippen LogP contribution in [0, 0.1) is 0 Å². The molecule has 0 fully saturated rings. The second kappa shape index (κ2) is 32.4. The highest BCUT2D eigenvalue weighted by Crippen LogP contribution is 2.43. The summed E-state index contributed by atoms with van der Waals surface area (Å²) in [5, 5.41) is 0. The molecule has 0 amide bonds. The number of carbonyl (C=O) groups is 2. The molecule has 0 aromatic heterocycles. The van der Waals surface area contributed by atoms with E-state index >= 15 is 0 Å². The first-order chi connectivity index (χ1) is 24.3. The van der Waals surface area contributed by atoms with Crippen molar-refractivity contribution in [3.63, 3.8) is 0 Å². The molecule has 0 radical (unpaired) electrons. The van der Waals surface area contributed by atoms with Crippen molar-refractivity contribution in [1.29, 1.82) is 0 Å². The first-order valence-corrected chi connectivity index (χ1v) is 22.4. The molecule has 0 aliphatic heterocycles. The zero-order valence-electron chi connectivity index (χ0n) is 33.9. The van der Waals surface area contributed by atoms with E-state index in [0.717, 1.165) is 32.1 Å². The third kappa shape index (κ3) is 35.8. The minimum atomic E-state index is -4.48. The number of nitrogens with zero attached hydrogens (tertiary/aromatic N) is 1. The van der Waals surface area contributed by atoms with Gasteiger partial charge in [0, 0.05) is 12.8 Å². The number of phosphoric ester groups is 1. The van der Waals surface area contributed by atoms with Crippen LogP contribution < -0.4 is 5.73 Å².